The second-order valence-corrected chi connectivity index (χ2v) is 7.58. The summed E-state index contributed by atoms with van der Waals surface area (Å²) in [6.07, 6.45) is -3.07. The number of benzene rings is 2. The Labute approximate surface area is 198 Å². The van der Waals surface area contributed by atoms with Crippen molar-refractivity contribution in [3.05, 3.63) is 72.4 Å². The summed E-state index contributed by atoms with van der Waals surface area (Å²) >= 11 is 0. The van der Waals surface area contributed by atoms with E-state index in [0.717, 1.165) is 17.7 Å². The Bertz CT molecular complexity index is 1300. The predicted octanol–water partition coefficient (Wildman–Crippen LogP) is 4.99. The van der Waals surface area contributed by atoms with Crippen LogP contribution < -0.4 is 14.8 Å². The number of hydrogen-bond acceptors (Lipinski definition) is 6. The van der Waals surface area contributed by atoms with E-state index in [1.165, 1.54) is 12.1 Å². The molecule has 0 spiro atoms. The van der Waals surface area contributed by atoms with Gasteiger partial charge in [-0.2, -0.15) is 4.98 Å². The first-order valence-electron chi connectivity index (χ1n) is 10.5. The molecule has 1 amide bonds. The minimum absolute atomic E-state index is 0.0117. The molecule has 0 aliphatic carbocycles. The molecular weight excluding hydrogens is 465 g/mol. The number of ether oxygens (including phenoxy) is 2. The molecule has 1 N–H and O–H groups in total. The average Bonchev–Trinajstić information content (AvgIpc) is 3.48. The van der Waals surface area contributed by atoms with Gasteiger partial charge in [0.05, 0.1) is 13.2 Å². The highest BCUT2D eigenvalue weighted by Crippen LogP contribution is 2.27. The molecule has 0 bridgehead atoms. The molecule has 11 heteroatoms. The molecule has 0 unspecified atom stereocenters. The topological polar surface area (TPSA) is 91.4 Å². The van der Waals surface area contributed by atoms with Crippen LogP contribution in [-0.4, -0.2) is 34.1 Å². The fraction of sp³-hybridized carbons (Fsp3) is 0.208. The highest BCUT2D eigenvalue weighted by molar-refractivity contribution is 5.77. The summed E-state index contributed by atoms with van der Waals surface area (Å²) < 4.78 is 53.1. The zero-order valence-electron chi connectivity index (χ0n) is 18.7. The van der Waals surface area contributed by atoms with Gasteiger partial charge in [0.25, 0.3) is 5.89 Å². The minimum atomic E-state index is -4.77. The summed E-state index contributed by atoms with van der Waals surface area (Å²) in [5.41, 5.74) is 1.86. The van der Waals surface area contributed by atoms with E-state index in [9.17, 15) is 18.0 Å². The van der Waals surface area contributed by atoms with Gasteiger partial charge in [0, 0.05) is 11.8 Å². The molecule has 35 heavy (non-hydrogen) atoms. The zero-order chi connectivity index (χ0) is 25.0. The third kappa shape index (κ3) is 5.99. The number of alkyl halides is 3. The molecule has 2 heterocycles. The quantitative estimate of drug-likeness (QED) is 0.377. The maximum atomic E-state index is 12.7. The largest absolute Gasteiger partial charge is 0.573 e. The van der Waals surface area contributed by atoms with Gasteiger partial charge >= 0.3 is 6.36 Å². The standard InChI is InChI=1S/C24H21F3N4O4/c1-15(17-5-3-6-19(13-17)33-2)28-21(32)14-31-12-4-7-20(31)23-29-22(30-35-23)16-8-10-18(11-9-16)34-24(25,26)27/h3-13,15H,14H2,1-2H3,(H,28,32)/t15-/m1/s1. The maximum absolute atomic E-state index is 12.7. The van der Waals surface area contributed by atoms with Crippen molar-refractivity contribution in [1.29, 1.82) is 0 Å². The maximum Gasteiger partial charge on any atom is 0.573 e. The van der Waals surface area contributed by atoms with Gasteiger partial charge in [0.1, 0.15) is 23.7 Å². The van der Waals surface area contributed by atoms with Crippen LogP contribution >= 0.6 is 0 Å². The Morgan fingerprint density at radius 2 is 1.89 bits per heavy atom. The van der Waals surface area contributed by atoms with Crippen LogP contribution in [0.2, 0.25) is 0 Å². The highest BCUT2D eigenvalue weighted by Gasteiger charge is 2.31. The molecule has 0 fully saturated rings. The van der Waals surface area contributed by atoms with Crippen LogP contribution in [0.5, 0.6) is 11.5 Å². The third-order valence-electron chi connectivity index (χ3n) is 5.11. The van der Waals surface area contributed by atoms with Crippen LogP contribution in [0.3, 0.4) is 0 Å². The van der Waals surface area contributed by atoms with Crippen LogP contribution in [0.1, 0.15) is 18.5 Å². The molecule has 1 atom stereocenters. The number of methoxy groups -OCH3 is 1. The van der Waals surface area contributed by atoms with E-state index >= 15 is 0 Å². The monoisotopic (exact) mass is 486 g/mol. The summed E-state index contributed by atoms with van der Waals surface area (Å²) in [7, 11) is 1.58. The van der Waals surface area contributed by atoms with Crippen molar-refractivity contribution < 1.29 is 32.0 Å². The smallest absolute Gasteiger partial charge is 0.497 e. The van der Waals surface area contributed by atoms with E-state index in [-0.39, 0.29) is 36.0 Å². The number of nitrogens with one attached hydrogen (secondary N) is 1. The number of carbonyl (C=O) groups excluding carboxylic acids is 1. The van der Waals surface area contributed by atoms with E-state index in [4.69, 9.17) is 9.26 Å². The molecule has 0 aliphatic rings. The van der Waals surface area contributed by atoms with E-state index in [2.05, 4.69) is 20.2 Å². The molecule has 4 rings (SSSR count). The second kappa shape index (κ2) is 9.92. The molecule has 4 aromatic rings. The summed E-state index contributed by atoms with van der Waals surface area (Å²) in [5.74, 6) is 0.466. The normalized spacial score (nSPS) is 12.3. The molecule has 0 saturated heterocycles. The number of halogens is 3. The number of nitrogens with zero attached hydrogens (tertiary/aromatic N) is 3. The summed E-state index contributed by atoms with van der Waals surface area (Å²) in [5, 5.41) is 6.84. The Hall–Kier alpha value is -4.28. The van der Waals surface area contributed by atoms with Gasteiger partial charge in [-0.3, -0.25) is 4.79 Å². The molecular formula is C24H21F3N4O4. The molecule has 182 valence electrons. The summed E-state index contributed by atoms with van der Waals surface area (Å²) in [4.78, 5) is 17.0. The minimum Gasteiger partial charge on any atom is -0.497 e. The Morgan fingerprint density at radius 3 is 2.60 bits per heavy atom. The molecule has 0 saturated carbocycles. The molecule has 8 nitrogen and oxygen atoms in total. The summed E-state index contributed by atoms with van der Waals surface area (Å²) in [6.45, 7) is 1.89. The van der Waals surface area contributed by atoms with Crippen LogP contribution in [0.25, 0.3) is 23.0 Å². The Balaban J connectivity index is 1.43. The Kier molecular flexibility index (Phi) is 6.76. The van der Waals surface area contributed by atoms with Crippen molar-refractivity contribution >= 4 is 5.91 Å². The van der Waals surface area contributed by atoms with Gasteiger partial charge in [-0.25, -0.2) is 0 Å². The van der Waals surface area contributed by atoms with Crippen LogP contribution in [0.4, 0.5) is 13.2 Å². The number of carbonyl (C=O) groups is 1. The zero-order valence-corrected chi connectivity index (χ0v) is 18.7. The van der Waals surface area contributed by atoms with Gasteiger partial charge in [-0.15, -0.1) is 13.2 Å². The third-order valence-corrected chi connectivity index (χ3v) is 5.11. The lowest BCUT2D eigenvalue weighted by Gasteiger charge is -2.16. The highest BCUT2D eigenvalue weighted by atomic mass is 19.4. The SMILES string of the molecule is COc1cccc([C@@H](C)NC(=O)Cn2cccc2-c2nc(-c3ccc(OC(F)(F)F)cc3)no2)c1. The number of rotatable bonds is 8. The van der Waals surface area contributed by atoms with E-state index in [0.29, 0.717) is 17.0 Å². The first-order valence-corrected chi connectivity index (χ1v) is 10.5. The fourth-order valence-electron chi connectivity index (χ4n) is 3.43. The predicted molar refractivity (Wildman–Crippen MR) is 119 cm³/mol. The van der Waals surface area contributed by atoms with Gasteiger partial charge in [0.2, 0.25) is 11.7 Å². The molecule has 0 aliphatic heterocycles. The summed E-state index contributed by atoms with van der Waals surface area (Å²) in [6, 6.07) is 15.8. The first kappa shape index (κ1) is 23.9. The fourth-order valence-corrected chi connectivity index (χ4v) is 3.43. The van der Waals surface area contributed by atoms with Crippen molar-refractivity contribution in [1.82, 2.24) is 20.0 Å². The van der Waals surface area contributed by atoms with Gasteiger partial charge < -0.3 is 23.9 Å². The van der Waals surface area contributed by atoms with Crippen molar-refractivity contribution in [2.75, 3.05) is 7.11 Å². The van der Waals surface area contributed by atoms with Crippen LogP contribution in [-0.2, 0) is 11.3 Å². The number of amides is 1. The van der Waals surface area contributed by atoms with Crippen molar-refractivity contribution in [3.63, 3.8) is 0 Å². The van der Waals surface area contributed by atoms with E-state index in [1.54, 1.807) is 30.0 Å². The van der Waals surface area contributed by atoms with Crippen molar-refractivity contribution in [2.45, 2.75) is 25.9 Å². The lowest BCUT2D eigenvalue weighted by molar-refractivity contribution is -0.274. The van der Waals surface area contributed by atoms with Gasteiger partial charge in [-0.05, 0) is 61.0 Å². The second-order valence-electron chi connectivity index (χ2n) is 7.58. The first-order chi connectivity index (χ1) is 16.7. The van der Waals surface area contributed by atoms with Crippen molar-refractivity contribution in [3.8, 4) is 34.5 Å². The lowest BCUT2D eigenvalue weighted by Crippen LogP contribution is -2.30. The van der Waals surface area contributed by atoms with Gasteiger partial charge in [-0.1, -0.05) is 17.3 Å². The number of hydrogen-bond donors (Lipinski definition) is 1. The Morgan fingerprint density at radius 1 is 1.11 bits per heavy atom. The van der Waals surface area contributed by atoms with E-state index < -0.39 is 6.36 Å². The van der Waals surface area contributed by atoms with Crippen LogP contribution in [0, 0.1) is 0 Å². The van der Waals surface area contributed by atoms with E-state index in [1.807, 2.05) is 31.2 Å². The molecule has 2 aromatic carbocycles. The number of aromatic nitrogens is 3. The van der Waals surface area contributed by atoms with Crippen molar-refractivity contribution in [2.24, 2.45) is 0 Å². The molecule has 2 aromatic heterocycles. The van der Waals surface area contributed by atoms with Crippen LogP contribution in [0.15, 0.2) is 71.4 Å². The molecule has 0 radical (unpaired) electrons. The lowest BCUT2D eigenvalue weighted by atomic mass is 10.1. The van der Waals surface area contributed by atoms with Gasteiger partial charge in [0.15, 0.2) is 0 Å². The average molecular weight is 486 g/mol.